The molecule has 0 amide bonds. The highest BCUT2D eigenvalue weighted by Crippen LogP contribution is 1.97. The number of rotatable bonds is 6. The molecule has 0 atom stereocenters. The zero-order chi connectivity index (χ0) is 9.52. The molecule has 5 heteroatoms. The van der Waals surface area contributed by atoms with Gasteiger partial charge in [-0.2, -0.15) is 0 Å². The van der Waals surface area contributed by atoms with Crippen molar-refractivity contribution in [3.05, 3.63) is 35.5 Å². The van der Waals surface area contributed by atoms with Crippen LogP contribution in [0.15, 0.2) is 32.7 Å². The molecule has 72 valence electrons. The van der Waals surface area contributed by atoms with E-state index < -0.39 is 5.82 Å². The minimum absolute atomic E-state index is 0.201. The minimum atomic E-state index is -0.721. The van der Waals surface area contributed by atoms with E-state index in [0.717, 1.165) is 0 Å². The van der Waals surface area contributed by atoms with Crippen LogP contribution in [-0.2, 0) is 16.1 Å². The van der Waals surface area contributed by atoms with Crippen molar-refractivity contribution in [2.45, 2.75) is 6.61 Å². The summed E-state index contributed by atoms with van der Waals surface area (Å²) < 4.78 is 18.8. The third-order valence-corrected chi connectivity index (χ3v) is 1.21. The maximum Gasteiger partial charge on any atom is 0.518 e. The van der Waals surface area contributed by atoms with Gasteiger partial charge in [0.15, 0.2) is 5.76 Å². The molecule has 0 aliphatic heterocycles. The lowest BCUT2D eigenvalue weighted by molar-refractivity contribution is 0.0652. The van der Waals surface area contributed by atoms with Crippen LogP contribution in [0.1, 0.15) is 5.76 Å². The summed E-state index contributed by atoms with van der Waals surface area (Å²) in [5, 5.41) is 0. The molecule has 0 spiro atoms. The van der Waals surface area contributed by atoms with E-state index in [1.807, 2.05) is 0 Å². The molecule has 1 aromatic rings. The quantitative estimate of drug-likeness (QED) is 0.488. The van der Waals surface area contributed by atoms with Crippen molar-refractivity contribution in [2.24, 2.45) is 0 Å². The van der Waals surface area contributed by atoms with Gasteiger partial charge in [0.05, 0.1) is 12.9 Å². The predicted octanol–water partition coefficient (Wildman–Crippen LogP) is 0.909. The van der Waals surface area contributed by atoms with Crippen LogP contribution < -0.4 is 5.82 Å². The van der Waals surface area contributed by atoms with Crippen molar-refractivity contribution in [1.82, 2.24) is 0 Å². The van der Waals surface area contributed by atoms with Gasteiger partial charge in [-0.15, -0.1) is 0 Å². The van der Waals surface area contributed by atoms with Gasteiger partial charge in [-0.3, -0.25) is 0 Å². The number of ether oxygens (including phenoxy) is 2. The Morgan fingerprint density at radius 3 is 3.00 bits per heavy atom. The van der Waals surface area contributed by atoms with E-state index in [0.29, 0.717) is 19.0 Å². The monoisotopic (exact) mass is 186 g/mol. The summed E-state index contributed by atoms with van der Waals surface area (Å²) >= 11 is 0. The van der Waals surface area contributed by atoms with E-state index in [1.54, 1.807) is 0 Å². The topological polar surface area (TPSA) is 61.8 Å². The first-order chi connectivity index (χ1) is 6.33. The average molecular weight is 186 g/mol. The normalized spacial score (nSPS) is 9.85. The molecule has 0 bridgehead atoms. The molecule has 0 saturated carbocycles. The third-order valence-electron chi connectivity index (χ3n) is 1.21. The molecule has 0 saturated heterocycles. The zero-order valence-corrected chi connectivity index (χ0v) is 7.02. The van der Waals surface area contributed by atoms with Crippen molar-refractivity contribution in [3.8, 4) is 0 Å². The average Bonchev–Trinajstić information content (AvgIpc) is 2.51. The standard InChI is InChI=1S/C8H10O5/c1-2-10-3-4-11-5-7-6-12-8(9)13-7/h2,6H,1,3-5H2. The fourth-order valence-corrected chi connectivity index (χ4v) is 0.696. The summed E-state index contributed by atoms with van der Waals surface area (Å²) in [4.78, 5) is 10.4. The Labute approximate surface area is 74.6 Å². The fourth-order valence-electron chi connectivity index (χ4n) is 0.696. The molecule has 13 heavy (non-hydrogen) atoms. The summed E-state index contributed by atoms with van der Waals surface area (Å²) in [6, 6.07) is 0. The SMILES string of the molecule is C=COCCOCc1coc(=O)o1. The molecule has 0 aromatic carbocycles. The van der Waals surface area contributed by atoms with Crippen LogP contribution in [0, 0.1) is 0 Å². The lowest BCUT2D eigenvalue weighted by Gasteiger charge is -2.00. The van der Waals surface area contributed by atoms with E-state index in [1.165, 1.54) is 12.5 Å². The maximum absolute atomic E-state index is 10.4. The first-order valence-corrected chi connectivity index (χ1v) is 3.70. The van der Waals surface area contributed by atoms with Crippen LogP contribution in [0.2, 0.25) is 0 Å². The minimum Gasteiger partial charge on any atom is -0.499 e. The molecular weight excluding hydrogens is 176 g/mol. The summed E-state index contributed by atoms with van der Waals surface area (Å²) in [7, 11) is 0. The summed E-state index contributed by atoms with van der Waals surface area (Å²) in [6.07, 6.45) is 2.55. The highest BCUT2D eigenvalue weighted by atomic mass is 16.6. The highest BCUT2D eigenvalue weighted by molar-refractivity contribution is 4.81. The van der Waals surface area contributed by atoms with Gasteiger partial charge in [-0.25, -0.2) is 4.79 Å². The van der Waals surface area contributed by atoms with Crippen molar-refractivity contribution < 1.29 is 18.3 Å². The van der Waals surface area contributed by atoms with Crippen molar-refractivity contribution in [1.29, 1.82) is 0 Å². The van der Waals surface area contributed by atoms with Crippen molar-refractivity contribution in [3.63, 3.8) is 0 Å². The van der Waals surface area contributed by atoms with Gasteiger partial charge in [0, 0.05) is 0 Å². The summed E-state index contributed by atoms with van der Waals surface area (Å²) in [6.45, 7) is 4.39. The Morgan fingerprint density at radius 2 is 2.38 bits per heavy atom. The molecule has 0 aliphatic carbocycles. The molecule has 0 N–H and O–H groups in total. The predicted molar refractivity (Wildman–Crippen MR) is 43.0 cm³/mol. The van der Waals surface area contributed by atoms with Gasteiger partial charge in [0.2, 0.25) is 0 Å². The molecule has 5 nitrogen and oxygen atoms in total. The van der Waals surface area contributed by atoms with Crippen LogP contribution in [-0.4, -0.2) is 13.2 Å². The molecule has 0 aliphatic rings. The Hall–Kier alpha value is -1.49. The first kappa shape index (κ1) is 9.60. The van der Waals surface area contributed by atoms with E-state index in [-0.39, 0.29) is 6.61 Å². The van der Waals surface area contributed by atoms with Gasteiger partial charge < -0.3 is 18.3 Å². The second kappa shape index (κ2) is 5.21. The van der Waals surface area contributed by atoms with Gasteiger partial charge in [0.25, 0.3) is 0 Å². The van der Waals surface area contributed by atoms with Gasteiger partial charge >= 0.3 is 5.82 Å². The Morgan fingerprint density at radius 1 is 1.54 bits per heavy atom. The second-order valence-electron chi connectivity index (χ2n) is 2.14. The first-order valence-electron chi connectivity index (χ1n) is 3.70. The van der Waals surface area contributed by atoms with E-state index >= 15 is 0 Å². The van der Waals surface area contributed by atoms with E-state index in [4.69, 9.17) is 9.47 Å². The lowest BCUT2D eigenvalue weighted by atomic mass is 10.6. The number of hydrogen-bond donors (Lipinski definition) is 0. The van der Waals surface area contributed by atoms with Crippen LogP contribution in [0.4, 0.5) is 0 Å². The van der Waals surface area contributed by atoms with Crippen LogP contribution in [0.3, 0.4) is 0 Å². The molecular formula is C8H10O5. The van der Waals surface area contributed by atoms with Crippen LogP contribution >= 0.6 is 0 Å². The molecule has 1 aromatic heterocycles. The molecule has 0 unspecified atom stereocenters. The zero-order valence-electron chi connectivity index (χ0n) is 7.02. The fraction of sp³-hybridized carbons (Fsp3) is 0.375. The van der Waals surface area contributed by atoms with Crippen molar-refractivity contribution >= 4 is 0 Å². The molecule has 0 radical (unpaired) electrons. The van der Waals surface area contributed by atoms with Crippen LogP contribution in [0.25, 0.3) is 0 Å². The Balaban J connectivity index is 2.13. The molecule has 1 heterocycles. The van der Waals surface area contributed by atoms with Gasteiger partial charge in [-0.1, -0.05) is 6.58 Å². The van der Waals surface area contributed by atoms with E-state index in [9.17, 15) is 4.79 Å². The summed E-state index contributed by atoms with van der Waals surface area (Å²) in [5.74, 6) is -0.357. The number of hydrogen-bond acceptors (Lipinski definition) is 5. The van der Waals surface area contributed by atoms with E-state index in [2.05, 4.69) is 15.4 Å². The van der Waals surface area contributed by atoms with Gasteiger partial charge in [0.1, 0.15) is 19.5 Å². The maximum atomic E-state index is 10.4. The summed E-state index contributed by atoms with van der Waals surface area (Å²) in [5.41, 5.74) is 0. The lowest BCUT2D eigenvalue weighted by Crippen LogP contribution is -2.01. The van der Waals surface area contributed by atoms with Crippen molar-refractivity contribution in [2.75, 3.05) is 13.2 Å². The molecule has 0 fully saturated rings. The Kier molecular flexibility index (Phi) is 3.84. The molecule has 1 rings (SSSR count). The largest absolute Gasteiger partial charge is 0.518 e. The second-order valence-corrected chi connectivity index (χ2v) is 2.14. The smallest absolute Gasteiger partial charge is 0.499 e. The van der Waals surface area contributed by atoms with Crippen LogP contribution in [0.5, 0.6) is 0 Å². The Bertz CT molecular complexity index is 297. The third kappa shape index (κ3) is 3.62. The van der Waals surface area contributed by atoms with Gasteiger partial charge in [-0.05, 0) is 0 Å². The highest BCUT2D eigenvalue weighted by Gasteiger charge is 1.99.